The van der Waals surface area contributed by atoms with Crippen LogP contribution in [-0.4, -0.2) is 36.3 Å². The first-order valence-electron chi connectivity index (χ1n) is 7.19. The summed E-state index contributed by atoms with van der Waals surface area (Å²) >= 11 is 0. The number of carbonyl (C=O) groups excluding carboxylic acids is 1. The Kier molecular flexibility index (Phi) is 7.31. The molecule has 4 N–H and O–H groups in total. The SMILES string of the molecule is CC(N)CCC(=O)NCC(O)COc1ccc(C(F)(F)F)cc1. The molecule has 5 nitrogen and oxygen atoms in total. The van der Waals surface area contributed by atoms with Gasteiger partial charge in [-0.05, 0) is 37.6 Å². The molecule has 0 heterocycles. The lowest BCUT2D eigenvalue weighted by atomic mass is 10.2. The van der Waals surface area contributed by atoms with E-state index in [4.69, 9.17) is 10.5 Å². The molecule has 23 heavy (non-hydrogen) atoms. The fraction of sp³-hybridized carbons (Fsp3) is 0.533. The van der Waals surface area contributed by atoms with Crippen molar-refractivity contribution in [2.45, 2.75) is 38.1 Å². The number of alkyl halides is 3. The van der Waals surface area contributed by atoms with Gasteiger partial charge in [-0.25, -0.2) is 0 Å². The molecule has 1 aromatic carbocycles. The third-order valence-electron chi connectivity index (χ3n) is 2.99. The van der Waals surface area contributed by atoms with E-state index >= 15 is 0 Å². The molecular formula is C15H21F3N2O3. The van der Waals surface area contributed by atoms with Crippen LogP contribution in [0.15, 0.2) is 24.3 Å². The minimum atomic E-state index is -4.40. The van der Waals surface area contributed by atoms with Gasteiger partial charge in [-0.2, -0.15) is 13.2 Å². The molecule has 2 unspecified atom stereocenters. The molecule has 2 atom stereocenters. The molecule has 130 valence electrons. The predicted octanol–water partition coefficient (Wildman–Crippen LogP) is 1.69. The zero-order valence-corrected chi connectivity index (χ0v) is 12.8. The third-order valence-corrected chi connectivity index (χ3v) is 2.99. The topological polar surface area (TPSA) is 84.6 Å². The molecule has 0 aliphatic rings. The van der Waals surface area contributed by atoms with Crippen molar-refractivity contribution in [2.24, 2.45) is 5.73 Å². The summed E-state index contributed by atoms with van der Waals surface area (Å²) in [4.78, 5) is 11.4. The number of ether oxygens (including phenoxy) is 1. The van der Waals surface area contributed by atoms with E-state index < -0.39 is 17.8 Å². The highest BCUT2D eigenvalue weighted by Gasteiger charge is 2.30. The van der Waals surface area contributed by atoms with Gasteiger partial charge in [0.2, 0.25) is 5.91 Å². The number of amides is 1. The molecule has 0 fully saturated rings. The first-order chi connectivity index (χ1) is 10.7. The summed E-state index contributed by atoms with van der Waals surface area (Å²) in [5.41, 5.74) is 4.75. The molecule has 1 rings (SSSR count). The van der Waals surface area contributed by atoms with E-state index in [1.54, 1.807) is 6.92 Å². The van der Waals surface area contributed by atoms with E-state index in [1.165, 1.54) is 12.1 Å². The number of halogens is 3. The van der Waals surface area contributed by atoms with Crippen molar-refractivity contribution < 1.29 is 27.8 Å². The summed E-state index contributed by atoms with van der Waals surface area (Å²) in [6.45, 7) is 1.65. The van der Waals surface area contributed by atoms with Gasteiger partial charge in [-0.3, -0.25) is 4.79 Å². The third kappa shape index (κ3) is 7.85. The number of hydrogen-bond acceptors (Lipinski definition) is 4. The minimum Gasteiger partial charge on any atom is -0.491 e. The molecule has 0 aliphatic carbocycles. The number of nitrogens with one attached hydrogen (secondary N) is 1. The van der Waals surface area contributed by atoms with Crippen LogP contribution in [0.1, 0.15) is 25.3 Å². The highest BCUT2D eigenvalue weighted by molar-refractivity contribution is 5.75. The maximum Gasteiger partial charge on any atom is 0.416 e. The second-order valence-electron chi connectivity index (χ2n) is 5.31. The largest absolute Gasteiger partial charge is 0.491 e. The van der Waals surface area contributed by atoms with Gasteiger partial charge < -0.3 is 20.9 Å². The average Bonchev–Trinajstić information content (AvgIpc) is 2.48. The van der Waals surface area contributed by atoms with Crippen LogP contribution < -0.4 is 15.8 Å². The monoisotopic (exact) mass is 334 g/mol. The zero-order chi connectivity index (χ0) is 17.5. The Bertz CT molecular complexity index is 490. The molecule has 0 bridgehead atoms. The molecule has 0 saturated heterocycles. The van der Waals surface area contributed by atoms with Crippen LogP contribution in [0.4, 0.5) is 13.2 Å². The maximum atomic E-state index is 12.4. The Balaban J connectivity index is 2.30. The lowest BCUT2D eigenvalue weighted by Gasteiger charge is -2.14. The molecule has 0 aliphatic heterocycles. The summed E-state index contributed by atoms with van der Waals surface area (Å²) in [6.07, 6.45) is -4.55. The molecule has 0 aromatic heterocycles. The number of carbonyl (C=O) groups is 1. The molecule has 0 spiro atoms. The van der Waals surface area contributed by atoms with E-state index in [-0.39, 0.29) is 37.3 Å². The minimum absolute atomic E-state index is 0.00157. The van der Waals surface area contributed by atoms with Crippen molar-refractivity contribution in [3.63, 3.8) is 0 Å². The lowest BCUT2D eigenvalue weighted by molar-refractivity contribution is -0.137. The van der Waals surface area contributed by atoms with Gasteiger partial charge in [-0.1, -0.05) is 0 Å². The molecular weight excluding hydrogens is 313 g/mol. The lowest BCUT2D eigenvalue weighted by Crippen LogP contribution is -2.35. The van der Waals surface area contributed by atoms with Gasteiger partial charge in [-0.15, -0.1) is 0 Å². The van der Waals surface area contributed by atoms with E-state index in [0.29, 0.717) is 6.42 Å². The number of nitrogens with two attached hydrogens (primary N) is 1. The van der Waals surface area contributed by atoms with Gasteiger partial charge >= 0.3 is 6.18 Å². The van der Waals surface area contributed by atoms with Crippen LogP contribution in [0.2, 0.25) is 0 Å². The van der Waals surface area contributed by atoms with Gasteiger partial charge in [0.1, 0.15) is 18.5 Å². The van der Waals surface area contributed by atoms with Crippen LogP contribution in [0.25, 0.3) is 0 Å². The first kappa shape index (κ1) is 19.2. The second kappa shape index (κ2) is 8.73. The number of rotatable bonds is 8. The fourth-order valence-corrected chi connectivity index (χ4v) is 1.67. The van der Waals surface area contributed by atoms with E-state index in [2.05, 4.69) is 5.32 Å². The average molecular weight is 334 g/mol. The van der Waals surface area contributed by atoms with E-state index in [9.17, 15) is 23.1 Å². The quantitative estimate of drug-likeness (QED) is 0.675. The van der Waals surface area contributed by atoms with Crippen molar-refractivity contribution in [2.75, 3.05) is 13.2 Å². The number of aliphatic hydroxyl groups excluding tert-OH is 1. The van der Waals surface area contributed by atoms with Gasteiger partial charge in [0, 0.05) is 19.0 Å². The molecule has 0 radical (unpaired) electrons. The van der Waals surface area contributed by atoms with Crippen molar-refractivity contribution >= 4 is 5.91 Å². The van der Waals surface area contributed by atoms with Crippen LogP contribution in [0.3, 0.4) is 0 Å². The number of aliphatic hydroxyl groups is 1. The first-order valence-corrected chi connectivity index (χ1v) is 7.19. The van der Waals surface area contributed by atoms with Crippen molar-refractivity contribution in [1.82, 2.24) is 5.32 Å². The summed E-state index contributed by atoms with van der Waals surface area (Å²) < 4.78 is 42.4. The molecule has 8 heteroatoms. The Morgan fingerprint density at radius 3 is 2.48 bits per heavy atom. The highest BCUT2D eigenvalue weighted by Crippen LogP contribution is 2.30. The Hall–Kier alpha value is -1.80. The van der Waals surface area contributed by atoms with E-state index in [1.807, 2.05) is 0 Å². The Morgan fingerprint density at radius 1 is 1.35 bits per heavy atom. The molecule has 1 amide bonds. The van der Waals surface area contributed by atoms with E-state index in [0.717, 1.165) is 12.1 Å². The maximum absolute atomic E-state index is 12.4. The van der Waals surface area contributed by atoms with Crippen LogP contribution in [0.5, 0.6) is 5.75 Å². The van der Waals surface area contributed by atoms with Gasteiger partial charge in [0.05, 0.1) is 5.56 Å². The summed E-state index contributed by atoms with van der Waals surface area (Å²) in [5.74, 6) is -0.0174. The summed E-state index contributed by atoms with van der Waals surface area (Å²) in [6, 6.07) is 4.08. The zero-order valence-electron chi connectivity index (χ0n) is 12.8. The normalized spacial score (nSPS) is 14.2. The Morgan fingerprint density at radius 2 is 1.96 bits per heavy atom. The van der Waals surface area contributed by atoms with Crippen LogP contribution in [-0.2, 0) is 11.0 Å². The Labute approximate surface area is 132 Å². The van der Waals surface area contributed by atoms with Crippen molar-refractivity contribution in [3.05, 3.63) is 29.8 Å². The van der Waals surface area contributed by atoms with Crippen LogP contribution in [0, 0.1) is 0 Å². The predicted molar refractivity (Wildman–Crippen MR) is 78.8 cm³/mol. The summed E-state index contributed by atoms with van der Waals surface area (Å²) in [5, 5.41) is 12.2. The number of benzene rings is 1. The van der Waals surface area contributed by atoms with Gasteiger partial charge in [0.15, 0.2) is 0 Å². The van der Waals surface area contributed by atoms with Gasteiger partial charge in [0.25, 0.3) is 0 Å². The van der Waals surface area contributed by atoms with Crippen molar-refractivity contribution in [1.29, 1.82) is 0 Å². The van der Waals surface area contributed by atoms with Crippen molar-refractivity contribution in [3.8, 4) is 5.75 Å². The molecule has 1 aromatic rings. The van der Waals surface area contributed by atoms with Crippen LogP contribution >= 0.6 is 0 Å². The standard InChI is InChI=1S/C15H21F3N2O3/c1-10(19)2-7-14(22)20-8-12(21)9-23-13-5-3-11(4-6-13)15(16,17)18/h3-6,10,12,21H,2,7-9,19H2,1H3,(H,20,22). The highest BCUT2D eigenvalue weighted by atomic mass is 19.4. The smallest absolute Gasteiger partial charge is 0.416 e. The number of hydrogen-bond donors (Lipinski definition) is 3. The second-order valence-corrected chi connectivity index (χ2v) is 5.31. The summed E-state index contributed by atoms with van der Waals surface area (Å²) in [7, 11) is 0. The molecule has 0 saturated carbocycles. The fourth-order valence-electron chi connectivity index (χ4n) is 1.67.